The molecule has 1 N–H and O–H groups in total. The van der Waals surface area contributed by atoms with E-state index in [0.29, 0.717) is 18.2 Å². The number of likely N-dealkylation sites (tertiary alicyclic amines) is 1. The maximum absolute atomic E-state index is 12.4. The summed E-state index contributed by atoms with van der Waals surface area (Å²) in [5.74, 6) is 1.22. The Kier molecular flexibility index (Phi) is 6.71. The third-order valence-corrected chi connectivity index (χ3v) is 7.68. The molecule has 2 aromatic rings. The molecule has 0 radical (unpaired) electrons. The summed E-state index contributed by atoms with van der Waals surface area (Å²) in [5, 5.41) is 2.97. The van der Waals surface area contributed by atoms with Gasteiger partial charge in [0.25, 0.3) is 0 Å². The second-order valence-corrected chi connectivity index (χ2v) is 11.0. The lowest BCUT2D eigenvalue weighted by atomic mass is 9.73. The highest BCUT2D eigenvalue weighted by molar-refractivity contribution is 5.71. The van der Waals surface area contributed by atoms with Gasteiger partial charge < -0.3 is 15.0 Å². The second kappa shape index (κ2) is 9.38. The Hall–Kier alpha value is -2.53. The molecule has 1 saturated heterocycles. The van der Waals surface area contributed by atoms with Crippen LogP contribution in [0.1, 0.15) is 58.1 Å². The average molecular weight is 450 g/mol. The minimum absolute atomic E-state index is 0.172. The van der Waals surface area contributed by atoms with E-state index < -0.39 is 0 Å². The van der Waals surface area contributed by atoms with Gasteiger partial charge in [-0.05, 0) is 95.7 Å². The van der Waals surface area contributed by atoms with Gasteiger partial charge in [-0.25, -0.2) is 4.79 Å². The monoisotopic (exact) mass is 449 g/mol. The van der Waals surface area contributed by atoms with Crippen molar-refractivity contribution in [3.05, 3.63) is 59.7 Å². The normalized spacial score (nSPS) is 19.8. The van der Waals surface area contributed by atoms with E-state index in [0.717, 1.165) is 38.8 Å². The maximum atomic E-state index is 12.4. The van der Waals surface area contributed by atoms with E-state index in [1.807, 2.05) is 18.2 Å². The van der Waals surface area contributed by atoms with Gasteiger partial charge in [0.1, 0.15) is 5.75 Å². The number of hydrogen-bond donors (Lipinski definition) is 1. The number of anilines is 1. The van der Waals surface area contributed by atoms with E-state index in [1.165, 1.54) is 16.8 Å². The smallest absolute Gasteiger partial charge is 0.410 e. The van der Waals surface area contributed by atoms with Crippen LogP contribution in [0.4, 0.5) is 10.5 Å². The highest BCUT2D eigenvalue weighted by Crippen LogP contribution is 2.41. The van der Waals surface area contributed by atoms with Crippen LogP contribution in [0.2, 0.25) is 0 Å². The number of rotatable bonds is 6. The molecule has 0 bridgehead atoms. The van der Waals surface area contributed by atoms with Crippen molar-refractivity contribution in [1.29, 1.82) is 0 Å². The molecule has 0 spiro atoms. The zero-order valence-electron chi connectivity index (χ0n) is 20.9. The first-order valence-electron chi connectivity index (χ1n) is 12.3. The number of ether oxygens (including phenoxy) is 1. The molecule has 178 valence electrons. The van der Waals surface area contributed by atoms with Crippen molar-refractivity contribution in [3.63, 3.8) is 0 Å². The predicted molar refractivity (Wildman–Crippen MR) is 135 cm³/mol. The van der Waals surface area contributed by atoms with Crippen LogP contribution in [0, 0.1) is 5.92 Å². The molecule has 4 rings (SSSR count). The van der Waals surface area contributed by atoms with E-state index in [2.05, 4.69) is 80.2 Å². The molecule has 1 amide bonds. The van der Waals surface area contributed by atoms with Gasteiger partial charge in [-0.2, -0.15) is 0 Å². The Morgan fingerprint density at radius 3 is 2.45 bits per heavy atom. The standard InChI is InChI=1S/C28H39N3O2/c1-27(2)18-22(19-28(3,4)30(27)5)13-15-29-26(32)33-24-11-12-25-23(17-24)14-16-31(25)20-21-9-7-6-8-10-21/h6-12,17,22H,13-16,18-20H2,1-5H3,(H,29,32). The van der Waals surface area contributed by atoms with Gasteiger partial charge in [-0.15, -0.1) is 0 Å². The first-order valence-corrected chi connectivity index (χ1v) is 12.3. The maximum Gasteiger partial charge on any atom is 0.412 e. The van der Waals surface area contributed by atoms with E-state index in [9.17, 15) is 4.79 Å². The summed E-state index contributed by atoms with van der Waals surface area (Å²) in [4.78, 5) is 17.3. The number of benzene rings is 2. The predicted octanol–water partition coefficient (Wildman–Crippen LogP) is 5.63. The summed E-state index contributed by atoms with van der Waals surface area (Å²) < 4.78 is 5.60. The Morgan fingerprint density at radius 1 is 1.06 bits per heavy atom. The van der Waals surface area contributed by atoms with Crippen LogP contribution in [0.5, 0.6) is 5.75 Å². The number of nitrogens with zero attached hydrogens (tertiary/aromatic N) is 2. The molecule has 2 aromatic carbocycles. The summed E-state index contributed by atoms with van der Waals surface area (Å²) in [6.07, 6.45) is 3.89. The Morgan fingerprint density at radius 2 is 1.76 bits per heavy atom. The van der Waals surface area contributed by atoms with Crippen LogP contribution in [-0.4, -0.2) is 42.2 Å². The van der Waals surface area contributed by atoms with Gasteiger partial charge in [-0.1, -0.05) is 30.3 Å². The topological polar surface area (TPSA) is 44.8 Å². The van der Waals surface area contributed by atoms with E-state index >= 15 is 0 Å². The summed E-state index contributed by atoms with van der Waals surface area (Å²) in [6.45, 7) is 11.8. The van der Waals surface area contributed by atoms with Crippen molar-refractivity contribution in [1.82, 2.24) is 10.2 Å². The molecule has 0 aromatic heterocycles. The van der Waals surface area contributed by atoms with Gasteiger partial charge >= 0.3 is 6.09 Å². The molecule has 0 saturated carbocycles. The fraction of sp³-hybridized carbons (Fsp3) is 0.536. The molecular weight excluding hydrogens is 410 g/mol. The number of carbonyl (C=O) groups excluding carboxylic acids is 1. The van der Waals surface area contributed by atoms with Gasteiger partial charge in [0.05, 0.1) is 0 Å². The van der Waals surface area contributed by atoms with Crippen molar-refractivity contribution < 1.29 is 9.53 Å². The van der Waals surface area contributed by atoms with Crippen LogP contribution in [-0.2, 0) is 13.0 Å². The molecule has 0 aliphatic carbocycles. The molecule has 5 heteroatoms. The number of carbonyl (C=O) groups is 1. The van der Waals surface area contributed by atoms with Crippen molar-refractivity contribution in [2.45, 2.75) is 71.0 Å². The van der Waals surface area contributed by atoms with Crippen LogP contribution < -0.4 is 15.0 Å². The highest BCUT2D eigenvalue weighted by atomic mass is 16.6. The molecule has 33 heavy (non-hydrogen) atoms. The van der Waals surface area contributed by atoms with E-state index in [1.54, 1.807) is 0 Å². The zero-order chi connectivity index (χ0) is 23.6. The third-order valence-electron chi connectivity index (χ3n) is 7.68. The van der Waals surface area contributed by atoms with Gasteiger partial charge in [-0.3, -0.25) is 4.90 Å². The second-order valence-electron chi connectivity index (χ2n) is 11.0. The molecule has 0 unspecified atom stereocenters. The number of hydrogen-bond acceptors (Lipinski definition) is 4. The van der Waals surface area contributed by atoms with Crippen LogP contribution in [0.25, 0.3) is 0 Å². The average Bonchev–Trinajstić information content (AvgIpc) is 3.14. The largest absolute Gasteiger partial charge is 0.412 e. The number of piperidine rings is 1. The highest BCUT2D eigenvalue weighted by Gasteiger charge is 2.42. The van der Waals surface area contributed by atoms with Gasteiger partial charge in [0.2, 0.25) is 0 Å². The van der Waals surface area contributed by atoms with E-state index in [-0.39, 0.29) is 17.2 Å². The van der Waals surface area contributed by atoms with Crippen LogP contribution >= 0.6 is 0 Å². The van der Waals surface area contributed by atoms with Crippen molar-refractivity contribution in [2.24, 2.45) is 5.92 Å². The molecule has 5 nitrogen and oxygen atoms in total. The number of nitrogens with one attached hydrogen (secondary N) is 1. The lowest BCUT2D eigenvalue weighted by molar-refractivity contribution is -0.0313. The number of fused-ring (bicyclic) bond motifs is 1. The first kappa shape index (κ1) is 23.6. The lowest BCUT2D eigenvalue weighted by Gasteiger charge is -2.53. The first-order chi connectivity index (χ1) is 15.6. The third kappa shape index (κ3) is 5.52. The van der Waals surface area contributed by atoms with E-state index in [4.69, 9.17) is 4.74 Å². The van der Waals surface area contributed by atoms with Gasteiger partial charge in [0, 0.05) is 36.4 Å². The summed E-state index contributed by atoms with van der Waals surface area (Å²) >= 11 is 0. The summed E-state index contributed by atoms with van der Waals surface area (Å²) in [7, 11) is 2.23. The summed E-state index contributed by atoms with van der Waals surface area (Å²) in [6, 6.07) is 16.5. The van der Waals surface area contributed by atoms with Gasteiger partial charge in [0.15, 0.2) is 0 Å². The summed E-state index contributed by atoms with van der Waals surface area (Å²) in [5.41, 5.74) is 4.13. The SMILES string of the molecule is CN1C(C)(C)CC(CCNC(=O)Oc2ccc3c(c2)CCN3Cc2ccccc2)CC1(C)C. The molecule has 2 aliphatic heterocycles. The fourth-order valence-corrected chi connectivity index (χ4v) is 5.78. The molecule has 2 heterocycles. The molecule has 0 atom stereocenters. The minimum atomic E-state index is -0.361. The number of amides is 1. The van der Waals surface area contributed by atoms with Crippen molar-refractivity contribution in [2.75, 3.05) is 25.0 Å². The zero-order valence-corrected chi connectivity index (χ0v) is 20.9. The molecule has 2 aliphatic rings. The van der Waals surface area contributed by atoms with Crippen LogP contribution in [0.3, 0.4) is 0 Å². The Bertz CT molecular complexity index is 952. The quantitative estimate of drug-likeness (QED) is 0.621. The Labute approximate surface area is 199 Å². The van der Waals surface area contributed by atoms with Crippen molar-refractivity contribution >= 4 is 11.8 Å². The minimum Gasteiger partial charge on any atom is -0.410 e. The van der Waals surface area contributed by atoms with Crippen molar-refractivity contribution in [3.8, 4) is 5.75 Å². The molecular formula is C28H39N3O2. The van der Waals surface area contributed by atoms with Crippen LogP contribution in [0.15, 0.2) is 48.5 Å². The fourth-order valence-electron chi connectivity index (χ4n) is 5.78. The molecule has 1 fully saturated rings. The Balaban J connectivity index is 1.27. The lowest BCUT2D eigenvalue weighted by Crippen LogP contribution is -2.58.